The van der Waals surface area contributed by atoms with Crippen molar-refractivity contribution in [3.05, 3.63) is 53.6 Å². The first-order valence-corrected chi connectivity index (χ1v) is 15.0. The van der Waals surface area contributed by atoms with Gasteiger partial charge in [0.25, 0.3) is 0 Å². The lowest BCUT2D eigenvalue weighted by molar-refractivity contribution is -0.226. The number of halogens is 1. The van der Waals surface area contributed by atoms with Crippen LogP contribution in [0.4, 0.5) is 4.39 Å². The molecule has 0 amide bonds. The van der Waals surface area contributed by atoms with Gasteiger partial charge in [-0.05, 0) is 81.7 Å². The van der Waals surface area contributed by atoms with E-state index in [1.807, 2.05) is 57.2 Å². The van der Waals surface area contributed by atoms with Gasteiger partial charge < -0.3 is 29.3 Å². The molecule has 0 spiro atoms. The summed E-state index contributed by atoms with van der Waals surface area (Å²) in [5, 5.41) is 26.0. The maximum atomic E-state index is 16.1. The highest BCUT2D eigenvalue weighted by molar-refractivity contribution is 6.05. The van der Waals surface area contributed by atoms with Gasteiger partial charge >= 0.3 is 0 Å². The Bertz CT molecular complexity index is 1320. The van der Waals surface area contributed by atoms with E-state index in [0.29, 0.717) is 30.7 Å². The molecular weight excluding hydrogens is 541 g/mol. The van der Waals surface area contributed by atoms with Crippen LogP contribution in [0.1, 0.15) is 52.5 Å². The number of carbonyl (C=O) groups excluding carboxylic acids is 1. The number of rotatable bonds is 7. The van der Waals surface area contributed by atoms with Crippen molar-refractivity contribution in [2.24, 2.45) is 33.7 Å². The monoisotopic (exact) mass is 583 g/mol. The van der Waals surface area contributed by atoms with Crippen LogP contribution in [-0.2, 0) is 19.1 Å². The predicted molar refractivity (Wildman–Crippen MR) is 154 cm³/mol. The molecule has 1 aliphatic heterocycles. The van der Waals surface area contributed by atoms with Crippen molar-refractivity contribution < 1.29 is 38.4 Å². The molecule has 3 saturated carbocycles. The molecule has 9 heteroatoms. The molecule has 1 aromatic carbocycles. The van der Waals surface area contributed by atoms with Gasteiger partial charge in [-0.2, -0.15) is 0 Å². The lowest BCUT2D eigenvalue weighted by Crippen LogP contribution is -2.64. The Labute approximate surface area is 246 Å². The fourth-order valence-corrected chi connectivity index (χ4v) is 9.07. The molecule has 1 saturated heterocycles. The van der Waals surface area contributed by atoms with Crippen molar-refractivity contribution in [3.63, 3.8) is 0 Å². The van der Waals surface area contributed by atoms with E-state index in [2.05, 4.69) is 5.16 Å². The molecule has 6 rings (SSSR count). The first kappa shape index (κ1) is 29.5. The highest BCUT2D eigenvalue weighted by Gasteiger charge is 2.77. The van der Waals surface area contributed by atoms with Gasteiger partial charge in [0.2, 0.25) is 0 Å². The number of aliphatic hydroxyl groups excluding tert-OH is 2. The number of hydrogen-bond donors (Lipinski definition) is 2. The Hall–Kier alpha value is -2.59. The number of benzene rings is 1. The number of allylic oxidation sites excluding steroid dienone is 4. The zero-order valence-electron chi connectivity index (χ0n) is 25.0. The van der Waals surface area contributed by atoms with E-state index in [1.165, 1.54) is 0 Å². The molecule has 0 radical (unpaired) electrons. The number of Topliss-reactive ketones (excluding diaryl/α,β-unsaturated/α-hetero) is 1. The van der Waals surface area contributed by atoms with Crippen molar-refractivity contribution in [1.82, 2.24) is 0 Å². The van der Waals surface area contributed by atoms with Crippen LogP contribution in [0, 0.1) is 35.5 Å². The third-order valence-corrected chi connectivity index (χ3v) is 10.7. The van der Waals surface area contributed by atoms with E-state index in [9.17, 15) is 15.0 Å². The SMILES string of the molecule is Cc1ccc(OCCO/N=C2/C=C[C@@]3(C)C(=C2)[C@@H](F)C[C@@H]2[C@@H]3[C@@H](O)C[C@@]3(C)[C@H]2C[C@H]2OC(C)(C)O[C@]23C(=O)CO)cc1. The van der Waals surface area contributed by atoms with Gasteiger partial charge in [-0.1, -0.05) is 42.8 Å². The minimum absolute atomic E-state index is 0.126. The molecule has 1 aromatic rings. The summed E-state index contributed by atoms with van der Waals surface area (Å²) in [6, 6.07) is 7.76. The van der Waals surface area contributed by atoms with Crippen LogP contribution >= 0.6 is 0 Å². The van der Waals surface area contributed by atoms with Crippen LogP contribution in [0.2, 0.25) is 0 Å². The van der Waals surface area contributed by atoms with E-state index < -0.39 is 53.0 Å². The molecule has 2 N–H and O–H groups in total. The maximum absolute atomic E-state index is 16.1. The normalized spacial score (nSPS) is 42.3. The topological polar surface area (TPSA) is 107 Å². The molecule has 228 valence electrons. The second kappa shape index (κ2) is 10.3. The number of aryl methyl sites for hydroxylation is 1. The van der Waals surface area contributed by atoms with Gasteiger partial charge in [0.15, 0.2) is 23.8 Å². The summed E-state index contributed by atoms with van der Waals surface area (Å²) >= 11 is 0. The molecule has 8 nitrogen and oxygen atoms in total. The molecule has 4 aliphatic carbocycles. The molecule has 5 aliphatic rings. The number of nitrogens with zero attached hydrogens (tertiary/aromatic N) is 1. The number of oxime groups is 1. The van der Waals surface area contributed by atoms with Crippen molar-refractivity contribution in [3.8, 4) is 5.75 Å². The number of ketones is 1. The van der Waals surface area contributed by atoms with Gasteiger partial charge in [0.05, 0.1) is 12.2 Å². The fraction of sp³-hybridized carbons (Fsp3) is 0.636. The number of aliphatic hydroxyl groups is 2. The minimum Gasteiger partial charge on any atom is -0.490 e. The number of ether oxygens (including phenoxy) is 3. The van der Waals surface area contributed by atoms with Crippen LogP contribution in [0.25, 0.3) is 0 Å². The van der Waals surface area contributed by atoms with Crippen molar-refractivity contribution in [1.29, 1.82) is 0 Å². The quantitative estimate of drug-likeness (QED) is 0.361. The molecule has 0 bridgehead atoms. The standard InChI is InChI=1S/C33H42FNO7/c1-19-6-8-21(9-7-19)39-12-13-40-35-20-10-11-31(4)24(14-20)25(34)15-22-23-16-28-33(27(38)18-36,42-30(2,3)41-28)32(23,5)17-26(37)29(22)31/h6-11,14,22-23,25-26,28-29,36-37H,12-13,15-18H2,1-5H3/b35-20-/t22-,23-,25-,26-,28+,29+,31-,32-,33+/m0/s1. The average Bonchev–Trinajstić information content (AvgIpc) is 3.34. The number of carbonyl (C=O) groups is 1. The summed E-state index contributed by atoms with van der Waals surface area (Å²) in [7, 11) is 0. The second-order valence-electron chi connectivity index (χ2n) is 13.6. The van der Waals surface area contributed by atoms with E-state index in [4.69, 9.17) is 19.0 Å². The molecule has 0 unspecified atom stereocenters. The van der Waals surface area contributed by atoms with Crippen LogP contribution in [-0.4, -0.2) is 71.3 Å². The van der Waals surface area contributed by atoms with Crippen molar-refractivity contribution >= 4 is 11.5 Å². The van der Waals surface area contributed by atoms with E-state index >= 15 is 4.39 Å². The molecule has 4 fully saturated rings. The highest BCUT2D eigenvalue weighted by Crippen LogP contribution is 2.70. The van der Waals surface area contributed by atoms with Crippen LogP contribution in [0.3, 0.4) is 0 Å². The maximum Gasteiger partial charge on any atom is 0.193 e. The van der Waals surface area contributed by atoms with Gasteiger partial charge in [-0.15, -0.1) is 0 Å². The van der Waals surface area contributed by atoms with Crippen LogP contribution in [0.15, 0.2) is 53.2 Å². The second-order valence-corrected chi connectivity index (χ2v) is 13.6. The van der Waals surface area contributed by atoms with Crippen molar-refractivity contribution in [2.45, 2.75) is 83.6 Å². The summed E-state index contributed by atoms with van der Waals surface area (Å²) < 4.78 is 34.4. The zero-order valence-corrected chi connectivity index (χ0v) is 25.0. The van der Waals surface area contributed by atoms with Crippen LogP contribution in [0.5, 0.6) is 5.75 Å². The first-order valence-electron chi connectivity index (χ1n) is 15.0. The third-order valence-electron chi connectivity index (χ3n) is 10.7. The molecule has 42 heavy (non-hydrogen) atoms. The smallest absolute Gasteiger partial charge is 0.193 e. The predicted octanol–water partition coefficient (Wildman–Crippen LogP) is 4.47. The molecule has 9 atom stereocenters. The fourth-order valence-electron chi connectivity index (χ4n) is 9.07. The minimum atomic E-state index is -1.38. The molecular formula is C33H42FNO7. The highest BCUT2D eigenvalue weighted by atomic mass is 19.1. The van der Waals surface area contributed by atoms with E-state index in [-0.39, 0.29) is 30.8 Å². The largest absolute Gasteiger partial charge is 0.490 e. The first-order chi connectivity index (χ1) is 19.8. The van der Waals surface area contributed by atoms with Crippen LogP contribution < -0.4 is 4.74 Å². The zero-order chi connectivity index (χ0) is 30.1. The number of alkyl halides is 1. The Kier molecular flexibility index (Phi) is 7.20. The average molecular weight is 584 g/mol. The lowest BCUT2D eigenvalue weighted by Gasteiger charge is -2.60. The molecule has 1 heterocycles. The Balaban J connectivity index is 1.20. The summed E-state index contributed by atoms with van der Waals surface area (Å²) in [6.45, 7) is 9.37. The van der Waals surface area contributed by atoms with Gasteiger partial charge in [0.1, 0.15) is 30.8 Å². The molecule has 0 aromatic heterocycles. The Morgan fingerprint density at radius 1 is 1.14 bits per heavy atom. The summed E-state index contributed by atoms with van der Waals surface area (Å²) in [5.41, 5.74) is -0.678. The van der Waals surface area contributed by atoms with E-state index in [0.717, 1.165) is 11.3 Å². The summed E-state index contributed by atoms with van der Waals surface area (Å²) in [4.78, 5) is 18.9. The van der Waals surface area contributed by atoms with Gasteiger partial charge in [0, 0.05) is 16.7 Å². The van der Waals surface area contributed by atoms with E-state index in [1.54, 1.807) is 19.9 Å². The van der Waals surface area contributed by atoms with Gasteiger partial charge in [-0.25, -0.2) is 4.39 Å². The number of fused-ring (bicyclic) bond motifs is 7. The lowest BCUT2D eigenvalue weighted by atomic mass is 9.46. The van der Waals surface area contributed by atoms with Crippen molar-refractivity contribution in [2.75, 3.05) is 19.8 Å². The Morgan fingerprint density at radius 2 is 1.88 bits per heavy atom. The van der Waals surface area contributed by atoms with Gasteiger partial charge in [-0.3, -0.25) is 4.79 Å². The summed E-state index contributed by atoms with van der Waals surface area (Å²) in [6.07, 6.45) is 3.91. The summed E-state index contributed by atoms with van der Waals surface area (Å²) in [5.74, 6) is -1.28. The Morgan fingerprint density at radius 3 is 2.60 bits per heavy atom. The third kappa shape index (κ3) is 4.38. The number of hydrogen-bond acceptors (Lipinski definition) is 8.